The van der Waals surface area contributed by atoms with E-state index in [4.69, 9.17) is 31.3 Å². The summed E-state index contributed by atoms with van der Waals surface area (Å²) in [5.74, 6) is 0.209. The van der Waals surface area contributed by atoms with Gasteiger partial charge in [-0.3, -0.25) is 19.2 Å². The molecule has 1 fully saturated rings. The number of hydrogen-bond donors (Lipinski definition) is 4. The van der Waals surface area contributed by atoms with E-state index in [1.54, 1.807) is 0 Å². The summed E-state index contributed by atoms with van der Waals surface area (Å²) in [5, 5.41) is 31.5. The summed E-state index contributed by atoms with van der Waals surface area (Å²) >= 11 is 4.94. The Kier molecular flexibility index (Phi) is 6.05. The lowest BCUT2D eigenvalue weighted by molar-refractivity contribution is -0.384. The second-order valence-corrected chi connectivity index (χ2v) is 9.50. The second-order valence-electron chi connectivity index (χ2n) is 6.74. The Hall–Kier alpha value is -2.78. The number of aromatic nitrogens is 4. The van der Waals surface area contributed by atoms with Gasteiger partial charge in [0, 0.05) is 23.9 Å². The molecule has 0 saturated carbocycles. The van der Waals surface area contributed by atoms with E-state index in [0.717, 1.165) is 0 Å². The highest BCUT2D eigenvalue weighted by Gasteiger charge is 2.45. The first-order valence-corrected chi connectivity index (χ1v) is 11.6. The number of nitro groups is 1. The van der Waals surface area contributed by atoms with E-state index < -0.39 is 42.8 Å². The van der Waals surface area contributed by atoms with E-state index in [1.165, 1.54) is 41.5 Å². The highest BCUT2D eigenvalue weighted by atomic mass is 32.5. The van der Waals surface area contributed by atoms with Crippen molar-refractivity contribution < 1.29 is 33.8 Å². The number of aliphatic hydroxyl groups is 2. The number of anilines is 1. The lowest BCUT2D eigenvalue weighted by atomic mass is 10.1. The van der Waals surface area contributed by atoms with Crippen LogP contribution in [-0.4, -0.2) is 64.5 Å². The van der Waals surface area contributed by atoms with Gasteiger partial charge in [0.15, 0.2) is 17.7 Å². The molecule has 3 heterocycles. The molecule has 1 aliphatic rings. The molecular formula is C16H17N6O8PS. The number of benzene rings is 1. The summed E-state index contributed by atoms with van der Waals surface area (Å²) < 4.78 is 17.5. The third-order valence-corrected chi connectivity index (χ3v) is 6.13. The van der Waals surface area contributed by atoms with Crippen molar-refractivity contribution in [2.75, 3.05) is 12.3 Å². The molecular weight excluding hydrogens is 467 g/mol. The molecule has 0 bridgehead atoms. The minimum absolute atomic E-state index is 0.0643. The number of ether oxygens (including phenoxy) is 1. The Labute approximate surface area is 184 Å². The monoisotopic (exact) mass is 484 g/mol. The number of imidazole rings is 1. The molecule has 5 atom stereocenters. The van der Waals surface area contributed by atoms with Crippen LogP contribution in [-0.2, 0) is 21.1 Å². The maximum Gasteiger partial charge on any atom is 0.378 e. The number of non-ortho nitro benzene ring substituents is 1. The first kappa shape index (κ1) is 22.4. The molecule has 5 unspecified atom stereocenters. The highest BCUT2D eigenvalue weighted by molar-refractivity contribution is 8.07. The van der Waals surface area contributed by atoms with Gasteiger partial charge in [0.1, 0.15) is 35.9 Å². The van der Waals surface area contributed by atoms with Gasteiger partial charge in [-0.25, -0.2) is 15.0 Å². The Bertz CT molecular complexity index is 1190. The number of nitro benzene ring substituents is 1. The smallest absolute Gasteiger partial charge is 0.378 e. The largest absolute Gasteiger partial charge is 0.424 e. The maximum atomic E-state index is 10.7. The van der Waals surface area contributed by atoms with Crippen molar-refractivity contribution in [1.29, 1.82) is 0 Å². The standard InChI is InChI=1S/C16H17N6O8PS/c17-14-11-15(19-6-18-14)21(7-20-11)16-13(24)12(23)10(29-16)5-28-31(27,32)30-9-3-1-8(2-4-9)22(25)26/h1-4,6-7,10,12-13,16,23-24H,5H2,(H,27,32)(H2,17,18,19). The Morgan fingerprint density at radius 3 is 2.66 bits per heavy atom. The molecule has 0 amide bonds. The van der Waals surface area contributed by atoms with Crippen LogP contribution in [0.3, 0.4) is 0 Å². The van der Waals surface area contributed by atoms with Crippen molar-refractivity contribution >= 4 is 41.2 Å². The van der Waals surface area contributed by atoms with E-state index in [2.05, 4.69) is 15.0 Å². The lowest BCUT2D eigenvalue weighted by Crippen LogP contribution is -2.33. The Balaban J connectivity index is 1.42. The van der Waals surface area contributed by atoms with Crippen LogP contribution in [0.25, 0.3) is 11.2 Å². The average Bonchev–Trinajstić information content (AvgIpc) is 3.29. The van der Waals surface area contributed by atoms with Gasteiger partial charge in [0.25, 0.3) is 5.69 Å². The van der Waals surface area contributed by atoms with Gasteiger partial charge in [0.05, 0.1) is 17.9 Å². The number of nitrogens with two attached hydrogens (primary N) is 1. The summed E-state index contributed by atoms with van der Waals surface area (Å²) in [6, 6.07) is 4.89. The molecule has 2 aromatic heterocycles. The van der Waals surface area contributed by atoms with Gasteiger partial charge >= 0.3 is 6.72 Å². The maximum absolute atomic E-state index is 10.7. The predicted octanol–water partition coefficient (Wildman–Crippen LogP) is 0.248. The highest BCUT2D eigenvalue weighted by Crippen LogP contribution is 2.45. The molecule has 0 radical (unpaired) electrons. The molecule has 170 valence electrons. The molecule has 5 N–H and O–H groups in total. The minimum Gasteiger partial charge on any atom is -0.424 e. The van der Waals surface area contributed by atoms with Crippen LogP contribution in [0.15, 0.2) is 36.9 Å². The van der Waals surface area contributed by atoms with Crippen molar-refractivity contribution in [2.24, 2.45) is 0 Å². The molecule has 0 spiro atoms. The van der Waals surface area contributed by atoms with Crippen molar-refractivity contribution in [3.8, 4) is 5.75 Å². The van der Waals surface area contributed by atoms with Crippen LogP contribution in [0, 0.1) is 10.1 Å². The topological polar surface area (TPSA) is 201 Å². The summed E-state index contributed by atoms with van der Waals surface area (Å²) in [6.07, 6.45) is -2.32. The number of aliphatic hydroxyl groups excluding tert-OH is 2. The van der Waals surface area contributed by atoms with E-state index in [-0.39, 0.29) is 17.3 Å². The quantitative estimate of drug-likeness (QED) is 0.202. The molecule has 4 rings (SSSR count). The zero-order chi connectivity index (χ0) is 23.0. The normalized spacial score (nSPS) is 25.0. The van der Waals surface area contributed by atoms with E-state index in [0.29, 0.717) is 11.2 Å². The number of fused-ring (bicyclic) bond motifs is 1. The lowest BCUT2D eigenvalue weighted by Gasteiger charge is -2.20. The van der Waals surface area contributed by atoms with Crippen molar-refractivity contribution in [1.82, 2.24) is 19.5 Å². The number of nitrogens with zero attached hydrogens (tertiary/aromatic N) is 5. The van der Waals surface area contributed by atoms with E-state index in [1.807, 2.05) is 0 Å². The molecule has 0 aliphatic carbocycles. The van der Waals surface area contributed by atoms with Gasteiger partial charge < -0.3 is 30.1 Å². The fourth-order valence-electron chi connectivity index (χ4n) is 3.11. The van der Waals surface area contributed by atoms with Crippen LogP contribution >= 0.6 is 6.72 Å². The van der Waals surface area contributed by atoms with Crippen LogP contribution < -0.4 is 10.3 Å². The van der Waals surface area contributed by atoms with Crippen molar-refractivity contribution in [2.45, 2.75) is 24.5 Å². The summed E-state index contributed by atoms with van der Waals surface area (Å²) in [4.78, 5) is 32.4. The second kappa shape index (κ2) is 8.63. The SMILES string of the molecule is Nc1ncnc2c1ncn2C1OC(COP(O)(=S)Oc2ccc([N+](=O)[O-])cc2)C(O)C1O. The number of hydrogen-bond acceptors (Lipinski definition) is 12. The molecule has 14 nitrogen and oxygen atoms in total. The van der Waals surface area contributed by atoms with E-state index >= 15 is 0 Å². The average molecular weight is 484 g/mol. The summed E-state index contributed by atoms with van der Waals surface area (Å²) in [7, 11) is 0. The van der Waals surface area contributed by atoms with E-state index in [9.17, 15) is 25.2 Å². The summed E-state index contributed by atoms with van der Waals surface area (Å²) in [5.41, 5.74) is 6.20. The van der Waals surface area contributed by atoms with Crippen molar-refractivity contribution in [3.05, 3.63) is 47.0 Å². The molecule has 1 aromatic carbocycles. The molecule has 1 aliphatic heterocycles. The van der Waals surface area contributed by atoms with Gasteiger partial charge in [-0.05, 0) is 12.1 Å². The van der Waals surface area contributed by atoms with Crippen LogP contribution in [0.1, 0.15) is 6.23 Å². The third-order valence-electron chi connectivity index (χ3n) is 4.67. The van der Waals surface area contributed by atoms with Gasteiger partial charge in [-0.1, -0.05) is 0 Å². The number of rotatable bonds is 7. The van der Waals surface area contributed by atoms with Gasteiger partial charge in [-0.2, -0.15) is 0 Å². The molecule has 16 heteroatoms. The summed E-state index contributed by atoms with van der Waals surface area (Å²) in [6.45, 7) is -4.25. The fraction of sp³-hybridized carbons (Fsp3) is 0.312. The predicted molar refractivity (Wildman–Crippen MR) is 112 cm³/mol. The van der Waals surface area contributed by atoms with Gasteiger partial charge in [-0.15, -0.1) is 0 Å². The fourth-order valence-corrected chi connectivity index (χ4v) is 4.33. The van der Waals surface area contributed by atoms with Crippen LogP contribution in [0.2, 0.25) is 0 Å². The Morgan fingerprint density at radius 2 is 1.97 bits per heavy atom. The third kappa shape index (κ3) is 4.40. The van der Waals surface area contributed by atoms with Gasteiger partial charge in [0.2, 0.25) is 0 Å². The first-order chi connectivity index (χ1) is 15.2. The van der Waals surface area contributed by atoms with Crippen LogP contribution in [0.4, 0.5) is 11.5 Å². The molecule has 1 saturated heterocycles. The zero-order valence-corrected chi connectivity index (χ0v) is 17.7. The Morgan fingerprint density at radius 1 is 1.25 bits per heavy atom. The van der Waals surface area contributed by atoms with Crippen molar-refractivity contribution in [3.63, 3.8) is 0 Å². The zero-order valence-electron chi connectivity index (χ0n) is 16.0. The first-order valence-electron chi connectivity index (χ1n) is 9.02. The molecule has 3 aromatic rings. The number of nitrogen functional groups attached to an aromatic ring is 1. The molecule has 32 heavy (non-hydrogen) atoms. The minimum atomic E-state index is -3.84. The van der Waals surface area contributed by atoms with Crippen LogP contribution in [0.5, 0.6) is 5.75 Å².